The number of hydrogen-bond acceptors (Lipinski definition) is 5. The fraction of sp³-hybridized carbons (Fsp3) is 0.625. The second-order valence-electron chi connectivity index (χ2n) is 9.12. The number of piperidine rings is 1. The van der Waals surface area contributed by atoms with Crippen LogP contribution in [0.5, 0.6) is 5.75 Å². The minimum Gasteiger partial charge on any atom is -0.497 e. The SMILES string of the molecule is COc1ccc(C(CNC(=O)CCN2C(=O)NC3(CCCC3)C2=O)N2CCCCC2)cc1. The van der Waals surface area contributed by atoms with Gasteiger partial charge in [0.1, 0.15) is 11.3 Å². The number of amides is 4. The highest BCUT2D eigenvalue weighted by molar-refractivity contribution is 6.07. The number of urea groups is 1. The van der Waals surface area contributed by atoms with Crippen molar-refractivity contribution in [2.75, 3.05) is 33.3 Å². The van der Waals surface area contributed by atoms with Gasteiger partial charge in [-0.2, -0.15) is 0 Å². The Morgan fingerprint density at radius 2 is 1.78 bits per heavy atom. The van der Waals surface area contributed by atoms with Crippen LogP contribution in [0.2, 0.25) is 0 Å². The second kappa shape index (κ2) is 9.90. The number of carbonyl (C=O) groups excluding carboxylic acids is 3. The van der Waals surface area contributed by atoms with Gasteiger partial charge in [0.15, 0.2) is 0 Å². The standard InChI is InChI=1S/C24H34N4O4/c1-32-19-9-7-18(8-10-19)20(27-14-5-2-6-15-27)17-25-21(29)11-16-28-22(30)24(26-23(28)31)12-3-4-13-24/h7-10,20H,2-6,11-17H2,1H3,(H,25,29)(H,26,31). The van der Waals surface area contributed by atoms with Gasteiger partial charge in [0, 0.05) is 19.5 Å². The predicted molar refractivity (Wildman–Crippen MR) is 120 cm³/mol. The summed E-state index contributed by atoms with van der Waals surface area (Å²) in [6.07, 6.45) is 6.96. The molecule has 2 aliphatic heterocycles. The van der Waals surface area contributed by atoms with E-state index in [-0.39, 0.29) is 36.9 Å². The molecule has 174 valence electrons. The maximum atomic E-state index is 12.8. The van der Waals surface area contributed by atoms with Crippen molar-refractivity contribution in [3.63, 3.8) is 0 Å². The molecule has 1 aromatic carbocycles. The minimum atomic E-state index is -0.721. The molecule has 1 aromatic rings. The monoisotopic (exact) mass is 442 g/mol. The summed E-state index contributed by atoms with van der Waals surface area (Å²) in [4.78, 5) is 41.3. The normalized spacial score (nSPS) is 21.6. The quantitative estimate of drug-likeness (QED) is 0.604. The Balaban J connectivity index is 1.33. The summed E-state index contributed by atoms with van der Waals surface area (Å²) in [5.74, 6) is 0.495. The van der Waals surface area contributed by atoms with E-state index in [2.05, 4.69) is 27.7 Å². The number of benzene rings is 1. The number of carbonyl (C=O) groups is 3. The van der Waals surface area contributed by atoms with E-state index >= 15 is 0 Å². The van der Waals surface area contributed by atoms with Crippen LogP contribution < -0.4 is 15.4 Å². The molecule has 3 aliphatic rings. The molecule has 0 aromatic heterocycles. The average Bonchev–Trinajstić information content (AvgIpc) is 3.38. The predicted octanol–water partition coefficient (Wildman–Crippen LogP) is 2.59. The van der Waals surface area contributed by atoms with Crippen LogP contribution in [-0.2, 0) is 9.59 Å². The van der Waals surface area contributed by atoms with Crippen molar-refractivity contribution in [1.82, 2.24) is 20.4 Å². The van der Waals surface area contributed by atoms with E-state index in [1.165, 1.54) is 11.3 Å². The first-order valence-electron chi connectivity index (χ1n) is 11.8. The molecule has 1 spiro atoms. The molecule has 4 rings (SSSR count). The van der Waals surface area contributed by atoms with Crippen molar-refractivity contribution in [3.05, 3.63) is 29.8 Å². The van der Waals surface area contributed by atoms with E-state index in [1.807, 2.05) is 12.1 Å². The number of ether oxygens (including phenoxy) is 1. The first kappa shape index (κ1) is 22.6. The average molecular weight is 443 g/mol. The molecular weight excluding hydrogens is 408 g/mol. The zero-order valence-corrected chi connectivity index (χ0v) is 18.9. The molecule has 1 aliphatic carbocycles. The lowest BCUT2D eigenvalue weighted by molar-refractivity contribution is -0.131. The van der Waals surface area contributed by atoms with Crippen LogP contribution in [0.4, 0.5) is 4.79 Å². The molecule has 3 fully saturated rings. The van der Waals surface area contributed by atoms with Gasteiger partial charge >= 0.3 is 6.03 Å². The lowest BCUT2D eigenvalue weighted by Crippen LogP contribution is -2.44. The minimum absolute atomic E-state index is 0.0867. The summed E-state index contributed by atoms with van der Waals surface area (Å²) < 4.78 is 5.28. The molecule has 1 unspecified atom stereocenters. The van der Waals surface area contributed by atoms with Crippen LogP contribution >= 0.6 is 0 Å². The van der Waals surface area contributed by atoms with Gasteiger partial charge in [0.25, 0.3) is 5.91 Å². The molecule has 2 N–H and O–H groups in total. The Labute approximate surface area is 189 Å². The van der Waals surface area contributed by atoms with Crippen molar-refractivity contribution < 1.29 is 19.1 Å². The van der Waals surface area contributed by atoms with Gasteiger partial charge in [0.05, 0.1) is 13.2 Å². The van der Waals surface area contributed by atoms with Gasteiger partial charge in [-0.1, -0.05) is 31.4 Å². The van der Waals surface area contributed by atoms with Crippen LogP contribution in [0.1, 0.15) is 63.0 Å². The van der Waals surface area contributed by atoms with Gasteiger partial charge in [-0.3, -0.25) is 19.4 Å². The van der Waals surface area contributed by atoms with E-state index in [1.54, 1.807) is 7.11 Å². The topological polar surface area (TPSA) is 91.0 Å². The van der Waals surface area contributed by atoms with E-state index in [9.17, 15) is 14.4 Å². The second-order valence-corrected chi connectivity index (χ2v) is 9.12. The van der Waals surface area contributed by atoms with Crippen LogP contribution in [-0.4, -0.2) is 66.5 Å². The number of imide groups is 1. The Kier molecular flexibility index (Phi) is 6.98. The molecule has 8 nitrogen and oxygen atoms in total. The molecule has 4 amide bonds. The molecule has 32 heavy (non-hydrogen) atoms. The van der Waals surface area contributed by atoms with Crippen molar-refractivity contribution in [1.29, 1.82) is 0 Å². The van der Waals surface area contributed by atoms with Crippen LogP contribution in [0.3, 0.4) is 0 Å². The summed E-state index contributed by atoms with van der Waals surface area (Å²) in [5.41, 5.74) is 0.423. The molecule has 2 heterocycles. The number of hydrogen-bond donors (Lipinski definition) is 2. The van der Waals surface area contributed by atoms with Crippen molar-refractivity contribution >= 4 is 17.8 Å². The number of nitrogens with one attached hydrogen (secondary N) is 2. The zero-order valence-electron chi connectivity index (χ0n) is 18.9. The van der Waals surface area contributed by atoms with Gasteiger partial charge in [-0.15, -0.1) is 0 Å². The fourth-order valence-electron chi connectivity index (χ4n) is 5.22. The van der Waals surface area contributed by atoms with Gasteiger partial charge in [-0.05, 0) is 56.5 Å². The molecule has 1 saturated carbocycles. The van der Waals surface area contributed by atoms with Crippen molar-refractivity contribution in [3.8, 4) is 5.75 Å². The Morgan fingerprint density at radius 1 is 1.09 bits per heavy atom. The molecular formula is C24H34N4O4. The third-order valence-corrected chi connectivity index (χ3v) is 7.09. The van der Waals surface area contributed by atoms with E-state index in [0.717, 1.165) is 50.1 Å². The number of likely N-dealkylation sites (tertiary alicyclic amines) is 1. The molecule has 8 heteroatoms. The lowest BCUT2D eigenvalue weighted by Gasteiger charge is -2.35. The van der Waals surface area contributed by atoms with Crippen LogP contribution in [0.25, 0.3) is 0 Å². The maximum Gasteiger partial charge on any atom is 0.325 e. The van der Waals surface area contributed by atoms with E-state index in [0.29, 0.717) is 19.4 Å². The zero-order chi connectivity index (χ0) is 22.6. The van der Waals surface area contributed by atoms with E-state index < -0.39 is 5.54 Å². The van der Waals surface area contributed by atoms with Crippen LogP contribution in [0, 0.1) is 0 Å². The Bertz CT molecular complexity index is 829. The van der Waals surface area contributed by atoms with Crippen molar-refractivity contribution in [2.45, 2.75) is 62.9 Å². The lowest BCUT2D eigenvalue weighted by atomic mass is 9.98. The smallest absolute Gasteiger partial charge is 0.325 e. The van der Waals surface area contributed by atoms with Gasteiger partial charge in [-0.25, -0.2) is 4.79 Å². The summed E-state index contributed by atoms with van der Waals surface area (Å²) >= 11 is 0. The Hall–Kier alpha value is -2.61. The third kappa shape index (κ3) is 4.75. The van der Waals surface area contributed by atoms with Gasteiger partial charge < -0.3 is 15.4 Å². The Morgan fingerprint density at radius 3 is 2.44 bits per heavy atom. The molecule has 0 radical (unpaired) electrons. The molecule has 1 atom stereocenters. The summed E-state index contributed by atoms with van der Waals surface area (Å²) in [5, 5.41) is 5.91. The first-order valence-corrected chi connectivity index (χ1v) is 11.8. The number of nitrogens with zero attached hydrogens (tertiary/aromatic N) is 2. The number of methoxy groups -OCH3 is 1. The highest BCUT2D eigenvalue weighted by atomic mass is 16.5. The highest BCUT2D eigenvalue weighted by Gasteiger charge is 2.52. The third-order valence-electron chi connectivity index (χ3n) is 7.09. The molecule has 2 saturated heterocycles. The summed E-state index contributed by atoms with van der Waals surface area (Å²) in [7, 11) is 1.65. The van der Waals surface area contributed by atoms with Crippen molar-refractivity contribution in [2.24, 2.45) is 0 Å². The number of rotatable bonds is 8. The first-order chi connectivity index (χ1) is 15.5. The van der Waals surface area contributed by atoms with Gasteiger partial charge in [0.2, 0.25) is 5.91 Å². The molecule has 0 bridgehead atoms. The fourth-order valence-corrected chi connectivity index (χ4v) is 5.22. The maximum absolute atomic E-state index is 12.8. The largest absolute Gasteiger partial charge is 0.497 e. The highest BCUT2D eigenvalue weighted by Crippen LogP contribution is 2.35. The van der Waals surface area contributed by atoms with E-state index in [4.69, 9.17) is 4.74 Å². The van der Waals surface area contributed by atoms with Crippen LogP contribution in [0.15, 0.2) is 24.3 Å². The summed E-state index contributed by atoms with van der Waals surface area (Å²) in [6.45, 7) is 2.64. The summed E-state index contributed by atoms with van der Waals surface area (Å²) in [6, 6.07) is 7.73.